The Balaban J connectivity index is 2.40. The predicted octanol–water partition coefficient (Wildman–Crippen LogP) is 3.09. The zero-order valence-corrected chi connectivity index (χ0v) is 11.3. The average molecular weight is 325 g/mol. The van der Waals surface area contributed by atoms with Crippen molar-refractivity contribution in [3.05, 3.63) is 39.6 Å². The summed E-state index contributed by atoms with van der Waals surface area (Å²) in [5, 5.41) is 12.3. The Kier molecular flexibility index (Phi) is 3.65. The molecule has 0 unspecified atom stereocenters. The number of nitriles is 1. The molecular weight excluding hydrogens is 318 g/mol. The molecule has 0 spiro atoms. The molecule has 90 valence electrons. The van der Waals surface area contributed by atoms with Gasteiger partial charge in [0.2, 0.25) is 0 Å². The molecule has 0 saturated carbocycles. The zero-order chi connectivity index (χ0) is 13.1. The third kappa shape index (κ3) is 2.53. The first-order valence-corrected chi connectivity index (χ1v) is 6.01. The Hall–Kier alpha value is -1.84. The number of nitrogens with one attached hydrogen (secondary N) is 1. The maximum Gasteiger partial charge on any atom is 0.150 e. The van der Waals surface area contributed by atoms with E-state index in [-0.39, 0.29) is 0 Å². The maximum atomic E-state index is 8.84. The van der Waals surface area contributed by atoms with E-state index in [0.717, 1.165) is 0 Å². The summed E-state index contributed by atoms with van der Waals surface area (Å²) < 4.78 is 0.545. The standard InChI is InChI=1S/C11H7BrClN5/c12-9-10(15)16-5-17-11(9)18-8-3-6(4-14)1-2-7(8)13/h1-3,5H,(H3,15,16,17,18). The highest BCUT2D eigenvalue weighted by Crippen LogP contribution is 2.30. The second kappa shape index (κ2) is 5.21. The lowest BCUT2D eigenvalue weighted by atomic mass is 10.2. The molecule has 0 aliphatic heterocycles. The van der Waals surface area contributed by atoms with Crippen molar-refractivity contribution in [2.75, 3.05) is 11.1 Å². The van der Waals surface area contributed by atoms with E-state index in [1.165, 1.54) is 6.33 Å². The zero-order valence-electron chi connectivity index (χ0n) is 8.98. The highest BCUT2D eigenvalue weighted by Gasteiger charge is 2.08. The summed E-state index contributed by atoms with van der Waals surface area (Å²) in [4.78, 5) is 7.87. The van der Waals surface area contributed by atoms with Crippen molar-refractivity contribution in [2.45, 2.75) is 0 Å². The number of benzene rings is 1. The Morgan fingerprint density at radius 3 is 2.89 bits per heavy atom. The Bertz CT molecular complexity index is 638. The van der Waals surface area contributed by atoms with Crippen molar-refractivity contribution < 1.29 is 0 Å². The fourth-order valence-electron chi connectivity index (χ4n) is 1.29. The van der Waals surface area contributed by atoms with Gasteiger partial charge in [0.25, 0.3) is 0 Å². The normalized spacial score (nSPS) is 9.83. The van der Waals surface area contributed by atoms with Gasteiger partial charge in [-0.2, -0.15) is 5.26 Å². The molecule has 5 nitrogen and oxygen atoms in total. The molecule has 0 fully saturated rings. The summed E-state index contributed by atoms with van der Waals surface area (Å²) >= 11 is 9.31. The highest BCUT2D eigenvalue weighted by molar-refractivity contribution is 9.10. The summed E-state index contributed by atoms with van der Waals surface area (Å²) in [5.41, 5.74) is 6.72. The first kappa shape index (κ1) is 12.6. The van der Waals surface area contributed by atoms with Crippen molar-refractivity contribution in [3.8, 4) is 6.07 Å². The topological polar surface area (TPSA) is 87.6 Å². The van der Waals surface area contributed by atoms with Crippen LogP contribution in [0.3, 0.4) is 0 Å². The lowest BCUT2D eigenvalue weighted by Crippen LogP contribution is -2.00. The van der Waals surface area contributed by atoms with Crippen LogP contribution in [0, 0.1) is 11.3 Å². The first-order chi connectivity index (χ1) is 8.61. The predicted molar refractivity (Wildman–Crippen MR) is 73.6 cm³/mol. The molecule has 1 aromatic heterocycles. The van der Waals surface area contributed by atoms with E-state index in [1.807, 2.05) is 6.07 Å². The van der Waals surface area contributed by atoms with E-state index in [9.17, 15) is 0 Å². The van der Waals surface area contributed by atoms with Gasteiger partial charge in [0.1, 0.15) is 22.4 Å². The van der Waals surface area contributed by atoms with Gasteiger partial charge in [-0.1, -0.05) is 11.6 Å². The average Bonchev–Trinajstić information content (AvgIpc) is 2.37. The Morgan fingerprint density at radius 1 is 1.39 bits per heavy atom. The van der Waals surface area contributed by atoms with Gasteiger partial charge in [0, 0.05) is 0 Å². The van der Waals surface area contributed by atoms with E-state index in [2.05, 4.69) is 31.2 Å². The van der Waals surface area contributed by atoms with E-state index in [4.69, 9.17) is 22.6 Å². The molecule has 0 amide bonds. The summed E-state index contributed by atoms with van der Waals surface area (Å²) in [7, 11) is 0. The Labute approximate surface area is 117 Å². The van der Waals surface area contributed by atoms with Crippen LogP contribution in [0.25, 0.3) is 0 Å². The number of anilines is 3. The molecule has 1 heterocycles. The molecule has 0 atom stereocenters. The minimum absolute atomic E-state index is 0.320. The molecular formula is C11H7BrClN5. The molecule has 0 aliphatic rings. The van der Waals surface area contributed by atoms with Crippen molar-refractivity contribution in [3.63, 3.8) is 0 Å². The van der Waals surface area contributed by atoms with Gasteiger partial charge < -0.3 is 11.1 Å². The van der Waals surface area contributed by atoms with Crippen LogP contribution in [0.15, 0.2) is 29.0 Å². The van der Waals surface area contributed by atoms with Crippen LogP contribution in [-0.4, -0.2) is 9.97 Å². The number of rotatable bonds is 2. The Morgan fingerprint density at radius 2 is 2.17 bits per heavy atom. The monoisotopic (exact) mass is 323 g/mol. The number of hydrogen-bond donors (Lipinski definition) is 2. The van der Waals surface area contributed by atoms with E-state index in [1.54, 1.807) is 18.2 Å². The lowest BCUT2D eigenvalue weighted by molar-refractivity contribution is 1.16. The third-order valence-corrected chi connectivity index (χ3v) is 3.28. The number of nitrogens with zero attached hydrogens (tertiary/aromatic N) is 3. The van der Waals surface area contributed by atoms with Gasteiger partial charge in [-0.05, 0) is 34.1 Å². The minimum atomic E-state index is 0.320. The lowest BCUT2D eigenvalue weighted by Gasteiger charge is -2.10. The third-order valence-electron chi connectivity index (χ3n) is 2.16. The van der Waals surface area contributed by atoms with Gasteiger partial charge in [0.05, 0.1) is 22.3 Å². The van der Waals surface area contributed by atoms with Crippen LogP contribution in [0.2, 0.25) is 5.02 Å². The largest absolute Gasteiger partial charge is 0.383 e. The summed E-state index contributed by atoms with van der Waals surface area (Å²) in [5.74, 6) is 0.805. The van der Waals surface area contributed by atoms with Crippen molar-refractivity contribution in [1.82, 2.24) is 9.97 Å². The molecule has 1 aromatic carbocycles. The fraction of sp³-hybridized carbons (Fsp3) is 0. The van der Waals surface area contributed by atoms with Crippen molar-refractivity contribution in [1.29, 1.82) is 5.26 Å². The fourth-order valence-corrected chi connectivity index (χ4v) is 1.76. The van der Waals surface area contributed by atoms with Gasteiger partial charge in [0.15, 0.2) is 0 Å². The molecule has 18 heavy (non-hydrogen) atoms. The van der Waals surface area contributed by atoms with E-state index in [0.29, 0.717) is 32.4 Å². The van der Waals surface area contributed by atoms with Crippen molar-refractivity contribution >= 4 is 44.9 Å². The summed E-state index contributed by atoms with van der Waals surface area (Å²) in [6.07, 6.45) is 1.34. The highest BCUT2D eigenvalue weighted by atomic mass is 79.9. The van der Waals surface area contributed by atoms with Crippen molar-refractivity contribution in [2.24, 2.45) is 0 Å². The van der Waals surface area contributed by atoms with Crippen LogP contribution in [0.5, 0.6) is 0 Å². The maximum absolute atomic E-state index is 8.84. The van der Waals surface area contributed by atoms with Crippen LogP contribution < -0.4 is 11.1 Å². The molecule has 3 N–H and O–H groups in total. The van der Waals surface area contributed by atoms with Gasteiger partial charge in [-0.25, -0.2) is 9.97 Å². The van der Waals surface area contributed by atoms with Gasteiger partial charge in [-0.15, -0.1) is 0 Å². The van der Waals surface area contributed by atoms with E-state index >= 15 is 0 Å². The number of aromatic nitrogens is 2. The minimum Gasteiger partial charge on any atom is -0.383 e. The molecule has 0 radical (unpaired) electrons. The van der Waals surface area contributed by atoms with Gasteiger partial charge in [-0.3, -0.25) is 0 Å². The number of nitrogen functional groups attached to an aromatic ring is 1. The van der Waals surface area contributed by atoms with Crippen LogP contribution in [-0.2, 0) is 0 Å². The summed E-state index contributed by atoms with van der Waals surface area (Å²) in [6, 6.07) is 6.95. The van der Waals surface area contributed by atoms with Crippen LogP contribution in [0.1, 0.15) is 5.56 Å². The van der Waals surface area contributed by atoms with Crippen LogP contribution >= 0.6 is 27.5 Å². The molecule has 2 aromatic rings. The molecule has 0 saturated heterocycles. The first-order valence-electron chi connectivity index (χ1n) is 4.84. The molecule has 2 rings (SSSR count). The number of nitrogens with two attached hydrogens (primary N) is 1. The molecule has 7 heteroatoms. The molecule has 0 bridgehead atoms. The molecule has 0 aliphatic carbocycles. The van der Waals surface area contributed by atoms with Gasteiger partial charge >= 0.3 is 0 Å². The summed E-state index contributed by atoms with van der Waals surface area (Å²) in [6.45, 7) is 0. The number of halogens is 2. The second-order valence-electron chi connectivity index (χ2n) is 3.35. The quantitative estimate of drug-likeness (QED) is 0.886. The second-order valence-corrected chi connectivity index (χ2v) is 4.55. The smallest absolute Gasteiger partial charge is 0.150 e. The van der Waals surface area contributed by atoms with Crippen LogP contribution in [0.4, 0.5) is 17.3 Å². The SMILES string of the molecule is N#Cc1ccc(Cl)c(Nc2ncnc(N)c2Br)c1. The van der Waals surface area contributed by atoms with E-state index < -0.39 is 0 Å². The number of hydrogen-bond acceptors (Lipinski definition) is 5.